The van der Waals surface area contributed by atoms with Crippen molar-refractivity contribution in [2.75, 3.05) is 0 Å². The van der Waals surface area contributed by atoms with Gasteiger partial charge >= 0.3 is 21.1 Å². The molecule has 0 atom stereocenters. The molecule has 0 unspecified atom stereocenters. The van der Waals surface area contributed by atoms with E-state index in [0.717, 1.165) is 0 Å². The molecule has 0 aromatic carbocycles. The molecule has 0 bridgehead atoms. The zero-order chi connectivity index (χ0) is 7.07. The Balaban J connectivity index is 0.000000167. The first kappa shape index (κ1) is 10.2. The molecular formula is C8H8N2Pt. The molecule has 0 fully saturated rings. The number of aromatic amines is 2. The van der Waals surface area contributed by atoms with E-state index in [-0.39, 0.29) is 21.1 Å². The van der Waals surface area contributed by atoms with Crippen LogP contribution >= 0.6 is 0 Å². The average Bonchev–Trinajstić information content (AvgIpc) is 2.67. The summed E-state index contributed by atoms with van der Waals surface area (Å²) in [7, 11) is 0. The molecule has 3 heteroatoms. The van der Waals surface area contributed by atoms with Crippen LogP contribution < -0.4 is 0 Å². The van der Waals surface area contributed by atoms with E-state index in [1.807, 2.05) is 36.7 Å². The van der Waals surface area contributed by atoms with Gasteiger partial charge in [-0.2, -0.15) is 36.7 Å². The molecule has 0 aliphatic carbocycles. The molecule has 2 aromatic rings. The second-order valence-corrected chi connectivity index (χ2v) is 1.63. The van der Waals surface area contributed by atoms with Crippen LogP contribution in [0.15, 0.2) is 36.7 Å². The quantitative estimate of drug-likeness (QED) is 0.690. The van der Waals surface area contributed by atoms with E-state index in [1.165, 1.54) is 0 Å². The van der Waals surface area contributed by atoms with Gasteiger partial charge in [0.1, 0.15) is 0 Å². The first-order valence-electron chi connectivity index (χ1n) is 2.99. The molecule has 2 nitrogen and oxygen atoms in total. The third kappa shape index (κ3) is 5.68. The van der Waals surface area contributed by atoms with E-state index in [2.05, 4.69) is 22.4 Å². The molecule has 2 rings (SSSR count). The monoisotopic (exact) mass is 327 g/mol. The van der Waals surface area contributed by atoms with Gasteiger partial charge in [0.15, 0.2) is 0 Å². The summed E-state index contributed by atoms with van der Waals surface area (Å²) in [5, 5.41) is 0. The normalized spacial score (nSPS) is 7.27. The number of H-pyrrole nitrogens is 2. The van der Waals surface area contributed by atoms with Crippen molar-refractivity contribution in [1.82, 2.24) is 9.97 Å². The molecule has 60 valence electrons. The topological polar surface area (TPSA) is 31.6 Å². The van der Waals surface area contributed by atoms with Crippen molar-refractivity contribution in [1.29, 1.82) is 0 Å². The molecular weight excluding hydrogens is 319 g/mol. The van der Waals surface area contributed by atoms with Gasteiger partial charge in [0, 0.05) is 0 Å². The van der Waals surface area contributed by atoms with Gasteiger partial charge in [-0.05, 0) is 0 Å². The Labute approximate surface area is 80.3 Å². The minimum atomic E-state index is 0. The van der Waals surface area contributed by atoms with Gasteiger partial charge in [-0.15, -0.1) is 12.4 Å². The van der Waals surface area contributed by atoms with E-state index in [1.54, 1.807) is 0 Å². The van der Waals surface area contributed by atoms with Gasteiger partial charge in [-0.3, -0.25) is 0 Å². The predicted molar refractivity (Wildman–Crippen MR) is 39.3 cm³/mol. The second kappa shape index (κ2) is 7.36. The summed E-state index contributed by atoms with van der Waals surface area (Å²) < 4.78 is 0. The average molecular weight is 327 g/mol. The Morgan fingerprint density at radius 1 is 0.818 bits per heavy atom. The molecule has 0 amide bonds. The van der Waals surface area contributed by atoms with Crippen molar-refractivity contribution in [3.05, 3.63) is 49.1 Å². The third-order valence-electron chi connectivity index (χ3n) is 0.885. The molecule has 0 aliphatic rings. The summed E-state index contributed by atoms with van der Waals surface area (Å²) in [6, 6.07) is 7.42. The fourth-order valence-electron chi connectivity index (χ4n) is 0.481. The third-order valence-corrected chi connectivity index (χ3v) is 0.885. The van der Waals surface area contributed by atoms with Crippen molar-refractivity contribution in [3.63, 3.8) is 0 Å². The minimum Gasteiger partial charge on any atom is -0.484 e. The molecule has 2 aromatic heterocycles. The molecule has 0 aliphatic heterocycles. The van der Waals surface area contributed by atoms with Crippen molar-refractivity contribution >= 4 is 0 Å². The summed E-state index contributed by atoms with van der Waals surface area (Å²) >= 11 is 0. The van der Waals surface area contributed by atoms with Crippen molar-refractivity contribution in [2.45, 2.75) is 0 Å². The Morgan fingerprint density at radius 3 is 1.36 bits per heavy atom. The van der Waals surface area contributed by atoms with E-state index >= 15 is 0 Å². The Kier molecular flexibility index (Phi) is 6.85. The Bertz CT molecular complexity index is 151. The summed E-state index contributed by atoms with van der Waals surface area (Å²) in [5.74, 6) is 0. The Hall–Kier alpha value is -0.752. The van der Waals surface area contributed by atoms with Crippen LogP contribution in [0, 0.1) is 12.4 Å². The fraction of sp³-hybridized carbons (Fsp3) is 0. The van der Waals surface area contributed by atoms with Crippen LogP contribution in [0.5, 0.6) is 0 Å². The standard InChI is InChI=1S/2C4H4N.Pt/c2*1-2-4-5-3-1;/h2*1-3,5H;/q2*-1;+2. The fourth-order valence-corrected chi connectivity index (χ4v) is 0.481. The first-order chi connectivity index (χ1) is 5.00. The number of rotatable bonds is 0. The largest absolute Gasteiger partial charge is 2.00 e. The van der Waals surface area contributed by atoms with Crippen LogP contribution in [-0.2, 0) is 21.1 Å². The van der Waals surface area contributed by atoms with E-state index in [0.29, 0.717) is 0 Å². The van der Waals surface area contributed by atoms with E-state index in [9.17, 15) is 0 Å². The number of hydrogen-bond donors (Lipinski definition) is 2. The maximum atomic E-state index is 2.74. The smallest absolute Gasteiger partial charge is 0.484 e. The van der Waals surface area contributed by atoms with Crippen LogP contribution in [0.2, 0.25) is 0 Å². The van der Waals surface area contributed by atoms with Crippen LogP contribution in [0.3, 0.4) is 0 Å². The molecule has 2 N–H and O–H groups in total. The molecule has 2 heterocycles. The van der Waals surface area contributed by atoms with Gasteiger partial charge in [-0.1, -0.05) is 0 Å². The van der Waals surface area contributed by atoms with Crippen LogP contribution in [0.25, 0.3) is 0 Å². The zero-order valence-electron chi connectivity index (χ0n) is 5.78. The maximum Gasteiger partial charge on any atom is 2.00 e. The summed E-state index contributed by atoms with van der Waals surface area (Å²) in [6.45, 7) is 0. The summed E-state index contributed by atoms with van der Waals surface area (Å²) in [5.41, 5.74) is 0. The van der Waals surface area contributed by atoms with Gasteiger partial charge < -0.3 is 9.97 Å². The van der Waals surface area contributed by atoms with Crippen molar-refractivity contribution < 1.29 is 21.1 Å². The molecule has 0 saturated carbocycles. The van der Waals surface area contributed by atoms with Gasteiger partial charge in [0.2, 0.25) is 0 Å². The SMILES string of the molecule is [Pt+2].[c-]1ccc[nH]1.[c-]1ccc[nH]1. The molecule has 0 spiro atoms. The number of nitrogens with one attached hydrogen (secondary N) is 2. The van der Waals surface area contributed by atoms with E-state index < -0.39 is 0 Å². The molecule has 0 saturated heterocycles. The zero-order valence-corrected chi connectivity index (χ0v) is 8.05. The molecule has 11 heavy (non-hydrogen) atoms. The first-order valence-corrected chi connectivity index (χ1v) is 2.99. The van der Waals surface area contributed by atoms with Crippen LogP contribution in [0.1, 0.15) is 0 Å². The van der Waals surface area contributed by atoms with E-state index in [4.69, 9.17) is 0 Å². The minimum absolute atomic E-state index is 0. The predicted octanol–water partition coefficient (Wildman–Crippen LogP) is 1.63. The van der Waals surface area contributed by atoms with Crippen LogP contribution in [-0.4, -0.2) is 9.97 Å². The Morgan fingerprint density at radius 2 is 1.27 bits per heavy atom. The van der Waals surface area contributed by atoms with Crippen LogP contribution in [0.4, 0.5) is 0 Å². The number of aromatic nitrogens is 2. The summed E-state index contributed by atoms with van der Waals surface area (Å²) in [6.07, 6.45) is 9.11. The summed E-state index contributed by atoms with van der Waals surface area (Å²) in [4.78, 5) is 5.47. The molecule has 0 radical (unpaired) electrons. The van der Waals surface area contributed by atoms with Gasteiger partial charge in [0.25, 0.3) is 0 Å². The van der Waals surface area contributed by atoms with Crippen molar-refractivity contribution in [3.8, 4) is 0 Å². The second-order valence-electron chi connectivity index (χ2n) is 1.63. The van der Waals surface area contributed by atoms with Gasteiger partial charge in [-0.25, -0.2) is 0 Å². The number of hydrogen-bond acceptors (Lipinski definition) is 0. The maximum absolute atomic E-state index is 2.74. The van der Waals surface area contributed by atoms with Crippen molar-refractivity contribution in [2.24, 2.45) is 0 Å². The van der Waals surface area contributed by atoms with Gasteiger partial charge in [0.05, 0.1) is 0 Å².